The van der Waals surface area contributed by atoms with Gasteiger partial charge in [-0.15, -0.1) is 6.58 Å². The van der Waals surface area contributed by atoms with Crippen LogP contribution in [-0.4, -0.2) is 33.6 Å². The first-order valence-electron chi connectivity index (χ1n) is 6.31. The molecule has 0 heterocycles. The van der Waals surface area contributed by atoms with Crippen LogP contribution in [0.15, 0.2) is 43.0 Å². The summed E-state index contributed by atoms with van der Waals surface area (Å²) in [6.45, 7) is 3.35. The molecule has 6 heteroatoms. The van der Waals surface area contributed by atoms with Gasteiger partial charge in [-0.25, -0.2) is 4.79 Å². The Kier molecular flexibility index (Phi) is 7.14. The van der Waals surface area contributed by atoms with E-state index in [-0.39, 0.29) is 11.5 Å². The number of aliphatic hydroxyl groups excluding tert-OH is 1. The summed E-state index contributed by atoms with van der Waals surface area (Å²) in [7, 11) is 0. The fourth-order valence-electron chi connectivity index (χ4n) is 1.91. The van der Waals surface area contributed by atoms with Crippen LogP contribution < -0.4 is 5.73 Å². The number of rotatable bonds is 8. The number of allylic oxidation sites excluding steroid dienone is 1. The predicted octanol–water partition coefficient (Wildman–Crippen LogP) is 2.54. The molecule has 21 heavy (non-hydrogen) atoms. The van der Waals surface area contributed by atoms with Crippen molar-refractivity contribution in [3.8, 4) is 0 Å². The Labute approximate surface area is 134 Å². The van der Waals surface area contributed by atoms with Gasteiger partial charge in [0.15, 0.2) is 0 Å². The first kappa shape index (κ1) is 17.4. The Balaban J connectivity index is 3.10. The van der Waals surface area contributed by atoms with Crippen LogP contribution in [0.5, 0.6) is 0 Å². The fraction of sp³-hybridized carbons (Fsp3) is 0.267. The van der Waals surface area contributed by atoms with E-state index >= 15 is 0 Å². The quantitative estimate of drug-likeness (QED) is 0.568. The van der Waals surface area contributed by atoms with E-state index in [1.165, 1.54) is 0 Å². The third-order valence-electron chi connectivity index (χ3n) is 2.90. The minimum Gasteiger partial charge on any atom is -0.440 e. The summed E-state index contributed by atoms with van der Waals surface area (Å²) in [5.74, 6) is -0.519. The number of nitrogens with two attached hydrogens (primary N) is 1. The lowest BCUT2D eigenvalue weighted by Gasteiger charge is -2.26. The topological polar surface area (TPSA) is 72.5 Å². The summed E-state index contributed by atoms with van der Waals surface area (Å²) in [5.41, 5.74) is 5.90. The van der Waals surface area contributed by atoms with Crippen LogP contribution in [0.25, 0.3) is 0 Å². The van der Waals surface area contributed by atoms with Gasteiger partial charge in [-0.1, -0.05) is 60.8 Å². The van der Waals surface area contributed by atoms with Gasteiger partial charge >= 0.3 is 6.09 Å². The smallest absolute Gasteiger partial charge is 0.405 e. The monoisotopic (exact) mass is 323 g/mol. The lowest BCUT2D eigenvalue weighted by atomic mass is 9.90. The molecule has 0 radical (unpaired) electrons. The Morgan fingerprint density at radius 2 is 2.00 bits per heavy atom. The Bertz CT molecular complexity index is 531. The molecular formula is C15H17NO3S2. The van der Waals surface area contributed by atoms with E-state index in [1.807, 2.05) is 30.3 Å². The van der Waals surface area contributed by atoms with E-state index < -0.39 is 18.1 Å². The SMILES string of the molecule is C=CCC(=S)C(=S)C(OC(N)=O)C(CO)c1ccccc1. The van der Waals surface area contributed by atoms with Crippen LogP contribution in [0, 0.1) is 0 Å². The first-order chi connectivity index (χ1) is 10.0. The van der Waals surface area contributed by atoms with Crippen molar-refractivity contribution in [2.45, 2.75) is 18.4 Å². The molecule has 0 fully saturated rings. The molecular weight excluding hydrogens is 306 g/mol. The molecule has 0 saturated carbocycles. The van der Waals surface area contributed by atoms with Gasteiger partial charge in [0.2, 0.25) is 0 Å². The van der Waals surface area contributed by atoms with E-state index in [9.17, 15) is 9.90 Å². The minimum absolute atomic E-state index is 0.251. The van der Waals surface area contributed by atoms with Crippen LogP contribution in [0.1, 0.15) is 17.9 Å². The second-order valence-electron chi connectivity index (χ2n) is 4.34. The number of carbonyl (C=O) groups is 1. The van der Waals surface area contributed by atoms with Crippen LogP contribution in [0.2, 0.25) is 0 Å². The van der Waals surface area contributed by atoms with Crippen LogP contribution in [0.3, 0.4) is 0 Å². The second kappa shape index (κ2) is 8.61. The van der Waals surface area contributed by atoms with Gasteiger partial charge in [-0.3, -0.25) is 0 Å². The molecule has 4 nitrogen and oxygen atoms in total. The van der Waals surface area contributed by atoms with Gasteiger partial charge in [-0.05, 0) is 5.56 Å². The van der Waals surface area contributed by atoms with Gasteiger partial charge in [0.05, 0.1) is 11.5 Å². The van der Waals surface area contributed by atoms with Crippen molar-refractivity contribution in [1.82, 2.24) is 0 Å². The van der Waals surface area contributed by atoms with E-state index in [4.69, 9.17) is 34.9 Å². The lowest BCUT2D eigenvalue weighted by Crippen LogP contribution is -2.38. The van der Waals surface area contributed by atoms with Crippen molar-refractivity contribution in [2.24, 2.45) is 5.73 Å². The molecule has 1 aromatic carbocycles. The largest absolute Gasteiger partial charge is 0.440 e. The molecule has 0 aromatic heterocycles. The average Bonchev–Trinajstić information content (AvgIpc) is 2.47. The second-order valence-corrected chi connectivity index (χ2v) is 5.27. The summed E-state index contributed by atoms with van der Waals surface area (Å²) >= 11 is 10.5. The Morgan fingerprint density at radius 3 is 2.48 bits per heavy atom. The van der Waals surface area contributed by atoms with Gasteiger partial charge in [0, 0.05) is 17.2 Å². The van der Waals surface area contributed by atoms with Gasteiger partial charge in [-0.2, -0.15) is 0 Å². The standard InChI is InChI=1S/C15H17NO3S2/c1-2-6-12(20)14(21)13(19-15(16)18)11(9-17)10-7-4-3-5-8-10/h2-5,7-8,11,13,17H,1,6,9H2,(H2,16,18). The van der Waals surface area contributed by atoms with Crippen molar-refractivity contribution in [3.05, 3.63) is 48.6 Å². The number of hydrogen-bond donors (Lipinski definition) is 2. The summed E-state index contributed by atoms with van der Waals surface area (Å²) in [4.78, 5) is 11.9. The van der Waals surface area contributed by atoms with E-state index in [0.29, 0.717) is 11.3 Å². The molecule has 1 amide bonds. The van der Waals surface area contributed by atoms with Crippen molar-refractivity contribution < 1.29 is 14.6 Å². The zero-order chi connectivity index (χ0) is 15.8. The van der Waals surface area contributed by atoms with Crippen LogP contribution >= 0.6 is 24.4 Å². The number of amides is 1. The van der Waals surface area contributed by atoms with Crippen LogP contribution in [-0.2, 0) is 4.74 Å². The maximum atomic E-state index is 11.1. The zero-order valence-corrected chi connectivity index (χ0v) is 13.0. The highest BCUT2D eigenvalue weighted by molar-refractivity contribution is 7.89. The highest BCUT2D eigenvalue weighted by Gasteiger charge is 2.31. The van der Waals surface area contributed by atoms with Crippen molar-refractivity contribution in [2.75, 3.05) is 6.61 Å². The molecule has 112 valence electrons. The number of carbonyl (C=O) groups excluding carboxylic acids is 1. The normalized spacial score (nSPS) is 13.0. The predicted molar refractivity (Wildman–Crippen MR) is 90.7 cm³/mol. The summed E-state index contributed by atoms with van der Waals surface area (Å²) in [6, 6.07) is 9.13. The minimum atomic E-state index is -0.960. The molecule has 0 aliphatic rings. The number of aliphatic hydroxyl groups is 1. The molecule has 1 aromatic rings. The molecule has 2 unspecified atom stereocenters. The maximum Gasteiger partial charge on any atom is 0.405 e. The molecule has 1 rings (SSSR count). The summed E-state index contributed by atoms with van der Waals surface area (Å²) in [6.07, 6.45) is 0.182. The van der Waals surface area contributed by atoms with E-state index in [1.54, 1.807) is 6.08 Å². The fourth-order valence-corrected chi connectivity index (χ4v) is 2.44. The van der Waals surface area contributed by atoms with Crippen molar-refractivity contribution >= 4 is 40.3 Å². The van der Waals surface area contributed by atoms with Crippen molar-refractivity contribution in [1.29, 1.82) is 0 Å². The number of primary amides is 1. The van der Waals surface area contributed by atoms with E-state index in [2.05, 4.69) is 6.58 Å². The van der Waals surface area contributed by atoms with Gasteiger partial charge in [0.1, 0.15) is 6.10 Å². The molecule has 0 aliphatic carbocycles. The molecule has 0 bridgehead atoms. The number of thiocarbonyl (C=S) groups is 2. The molecule has 2 atom stereocenters. The molecule has 0 aliphatic heterocycles. The lowest BCUT2D eigenvalue weighted by molar-refractivity contribution is 0.108. The third kappa shape index (κ3) is 5.00. The summed E-state index contributed by atoms with van der Waals surface area (Å²) in [5, 5.41) is 9.67. The number of benzene rings is 1. The van der Waals surface area contributed by atoms with Crippen molar-refractivity contribution in [3.63, 3.8) is 0 Å². The van der Waals surface area contributed by atoms with Gasteiger partial charge in [0.25, 0.3) is 0 Å². The highest BCUT2D eigenvalue weighted by atomic mass is 32.1. The number of hydrogen-bond acceptors (Lipinski definition) is 5. The molecule has 0 saturated heterocycles. The number of ether oxygens (including phenoxy) is 1. The highest BCUT2D eigenvalue weighted by Crippen LogP contribution is 2.24. The van der Waals surface area contributed by atoms with Crippen LogP contribution in [0.4, 0.5) is 4.79 Å². The molecule has 0 spiro atoms. The maximum absolute atomic E-state index is 11.1. The first-order valence-corrected chi connectivity index (χ1v) is 7.12. The summed E-state index contributed by atoms with van der Waals surface area (Å²) < 4.78 is 5.10. The zero-order valence-electron chi connectivity index (χ0n) is 11.4. The average molecular weight is 323 g/mol. The Hall–Kier alpha value is -1.63. The third-order valence-corrected chi connectivity index (χ3v) is 3.89. The molecule has 3 N–H and O–H groups in total. The Morgan fingerprint density at radius 1 is 1.38 bits per heavy atom. The van der Waals surface area contributed by atoms with E-state index in [0.717, 1.165) is 5.56 Å². The van der Waals surface area contributed by atoms with Gasteiger partial charge < -0.3 is 15.6 Å².